The van der Waals surface area contributed by atoms with Crippen LogP contribution in [0.5, 0.6) is 5.75 Å². The van der Waals surface area contributed by atoms with Crippen LogP contribution in [0.2, 0.25) is 0 Å². The zero-order valence-corrected chi connectivity index (χ0v) is 22.2. The molecule has 2 aliphatic rings. The molecule has 4 atom stereocenters. The predicted molar refractivity (Wildman–Crippen MR) is 138 cm³/mol. The third-order valence-corrected chi connectivity index (χ3v) is 7.08. The van der Waals surface area contributed by atoms with Gasteiger partial charge in [-0.05, 0) is 70.7 Å². The number of likely N-dealkylation sites (tertiary alicyclic amines) is 1. The van der Waals surface area contributed by atoms with Crippen molar-refractivity contribution in [3.63, 3.8) is 0 Å². The van der Waals surface area contributed by atoms with Crippen LogP contribution in [0.3, 0.4) is 0 Å². The maximum Gasteiger partial charge on any atom is 0.310 e. The summed E-state index contributed by atoms with van der Waals surface area (Å²) in [4.78, 5) is 40.7. The fourth-order valence-electron chi connectivity index (χ4n) is 5.46. The van der Waals surface area contributed by atoms with Crippen LogP contribution in [-0.4, -0.2) is 67.1 Å². The first-order valence-electron chi connectivity index (χ1n) is 12.8. The molecule has 1 saturated carbocycles. The van der Waals surface area contributed by atoms with Crippen molar-refractivity contribution in [1.82, 2.24) is 15.5 Å². The fourth-order valence-corrected chi connectivity index (χ4v) is 5.46. The van der Waals surface area contributed by atoms with Crippen LogP contribution in [0.4, 0.5) is 0 Å². The number of benzene rings is 1. The monoisotopic (exact) mass is 511 g/mol. The van der Waals surface area contributed by atoms with Crippen molar-refractivity contribution in [3.05, 3.63) is 42.2 Å². The van der Waals surface area contributed by atoms with Gasteiger partial charge in [0.05, 0.1) is 20.1 Å². The molecule has 0 radical (unpaired) electrons. The number of hydrogen-bond acceptors (Lipinski definition) is 7. The highest BCUT2D eigenvalue weighted by atomic mass is 16.5. The maximum atomic E-state index is 13.3. The minimum Gasteiger partial charge on any atom is -0.497 e. The van der Waals surface area contributed by atoms with Gasteiger partial charge >= 0.3 is 5.97 Å². The van der Waals surface area contributed by atoms with Gasteiger partial charge in [0.2, 0.25) is 5.91 Å². The van der Waals surface area contributed by atoms with Crippen molar-refractivity contribution >= 4 is 17.8 Å². The minimum absolute atomic E-state index is 0.0741. The standard InChI is InChI=1S/C28H37N3O6/c1-28(2,3)30-18-9-10-22(20(16-18)27(34)36-5)31-14-13-21(26(31)33)29-25(32)24-12-11-23(37-24)17-7-6-8-19(15-17)35-4/h6-8,11-12,15,18,20-22,30H,9-10,13-14,16H2,1-5H3,(H,29,32)/t18-,20-,21+,22+/m1/s1. The number of esters is 1. The van der Waals surface area contributed by atoms with Gasteiger partial charge < -0.3 is 29.4 Å². The van der Waals surface area contributed by atoms with Crippen LogP contribution in [0.1, 0.15) is 57.0 Å². The third kappa shape index (κ3) is 6.15. The highest BCUT2D eigenvalue weighted by molar-refractivity contribution is 5.96. The summed E-state index contributed by atoms with van der Waals surface area (Å²) in [6.07, 6.45) is 2.63. The highest BCUT2D eigenvalue weighted by Crippen LogP contribution is 2.33. The Bertz CT molecular complexity index is 1140. The van der Waals surface area contributed by atoms with E-state index in [9.17, 15) is 14.4 Å². The number of furan rings is 1. The highest BCUT2D eigenvalue weighted by Gasteiger charge is 2.45. The first-order chi connectivity index (χ1) is 17.6. The lowest BCUT2D eigenvalue weighted by Gasteiger charge is -2.41. The van der Waals surface area contributed by atoms with E-state index in [1.807, 2.05) is 24.3 Å². The number of rotatable bonds is 7. The van der Waals surface area contributed by atoms with Gasteiger partial charge in [0.15, 0.2) is 5.76 Å². The summed E-state index contributed by atoms with van der Waals surface area (Å²) in [5.74, 6) is 0.0186. The molecule has 2 heterocycles. The first kappa shape index (κ1) is 26.7. The summed E-state index contributed by atoms with van der Waals surface area (Å²) in [6.45, 7) is 6.78. The molecule has 2 amide bonds. The molecule has 200 valence electrons. The lowest BCUT2D eigenvalue weighted by Crippen LogP contribution is -2.55. The molecule has 0 spiro atoms. The van der Waals surface area contributed by atoms with Gasteiger partial charge in [-0.25, -0.2) is 0 Å². The quantitative estimate of drug-likeness (QED) is 0.549. The SMILES string of the molecule is COC(=O)[C@@H]1C[C@H](NC(C)(C)C)CC[C@@H]1N1CC[C@H](NC(=O)c2ccc(-c3cccc(OC)c3)o2)C1=O. The second kappa shape index (κ2) is 11.0. The summed E-state index contributed by atoms with van der Waals surface area (Å²) in [5, 5.41) is 6.40. The number of hydrogen-bond donors (Lipinski definition) is 2. The molecule has 2 N–H and O–H groups in total. The summed E-state index contributed by atoms with van der Waals surface area (Å²) >= 11 is 0. The lowest BCUT2D eigenvalue weighted by molar-refractivity contribution is -0.151. The maximum absolute atomic E-state index is 13.3. The number of ether oxygens (including phenoxy) is 2. The van der Waals surface area contributed by atoms with Gasteiger partial charge in [-0.15, -0.1) is 0 Å². The Labute approximate surface area is 217 Å². The average Bonchev–Trinajstić information content (AvgIpc) is 3.50. The van der Waals surface area contributed by atoms with Crippen LogP contribution in [0.25, 0.3) is 11.3 Å². The van der Waals surface area contributed by atoms with E-state index in [0.717, 1.165) is 12.0 Å². The number of nitrogens with zero attached hydrogens (tertiary/aromatic N) is 1. The molecule has 2 fully saturated rings. The van der Waals surface area contributed by atoms with Crippen molar-refractivity contribution in [3.8, 4) is 17.1 Å². The Morgan fingerprint density at radius 1 is 1.08 bits per heavy atom. The number of methoxy groups -OCH3 is 2. The summed E-state index contributed by atoms with van der Waals surface area (Å²) in [6, 6.07) is 9.94. The molecular weight excluding hydrogens is 474 g/mol. The van der Waals surface area contributed by atoms with Gasteiger partial charge in [-0.1, -0.05) is 12.1 Å². The third-order valence-electron chi connectivity index (χ3n) is 7.08. The van der Waals surface area contributed by atoms with Crippen molar-refractivity contribution in [2.75, 3.05) is 20.8 Å². The van der Waals surface area contributed by atoms with Crippen LogP contribution in [-0.2, 0) is 14.3 Å². The topological polar surface area (TPSA) is 110 Å². The Hall–Kier alpha value is -3.33. The summed E-state index contributed by atoms with van der Waals surface area (Å²) < 4.78 is 16.1. The molecule has 1 saturated heterocycles. The van der Waals surface area contributed by atoms with Crippen LogP contribution < -0.4 is 15.4 Å². The van der Waals surface area contributed by atoms with E-state index in [1.54, 1.807) is 24.1 Å². The van der Waals surface area contributed by atoms with E-state index >= 15 is 0 Å². The van der Waals surface area contributed by atoms with Crippen LogP contribution in [0.15, 0.2) is 40.8 Å². The molecule has 2 aromatic rings. The van der Waals surface area contributed by atoms with Gasteiger partial charge in [-0.3, -0.25) is 14.4 Å². The molecular formula is C28H37N3O6. The second-order valence-corrected chi connectivity index (χ2v) is 10.8. The van der Waals surface area contributed by atoms with Gasteiger partial charge in [-0.2, -0.15) is 0 Å². The van der Waals surface area contributed by atoms with Crippen molar-refractivity contribution in [2.24, 2.45) is 5.92 Å². The molecule has 9 heteroatoms. The van der Waals surface area contributed by atoms with E-state index < -0.39 is 17.9 Å². The normalized spacial score (nSPS) is 24.1. The Morgan fingerprint density at radius 2 is 1.86 bits per heavy atom. The van der Waals surface area contributed by atoms with E-state index in [-0.39, 0.29) is 35.3 Å². The fraction of sp³-hybridized carbons (Fsp3) is 0.536. The van der Waals surface area contributed by atoms with Gasteiger partial charge in [0.1, 0.15) is 17.6 Å². The Kier molecular flexibility index (Phi) is 7.92. The largest absolute Gasteiger partial charge is 0.497 e. The van der Waals surface area contributed by atoms with Crippen molar-refractivity contribution < 1.29 is 28.3 Å². The molecule has 1 aromatic heterocycles. The molecule has 0 bridgehead atoms. The number of carbonyl (C=O) groups excluding carboxylic acids is 3. The summed E-state index contributed by atoms with van der Waals surface area (Å²) in [5.41, 5.74) is 0.710. The van der Waals surface area contributed by atoms with E-state index in [2.05, 4.69) is 31.4 Å². The molecule has 1 aliphatic heterocycles. The molecule has 1 aliphatic carbocycles. The van der Waals surface area contributed by atoms with E-state index in [0.29, 0.717) is 37.3 Å². The Morgan fingerprint density at radius 3 is 2.57 bits per heavy atom. The van der Waals surface area contributed by atoms with Crippen molar-refractivity contribution in [2.45, 2.75) is 70.1 Å². The van der Waals surface area contributed by atoms with Gasteiger partial charge in [0.25, 0.3) is 5.91 Å². The number of carbonyl (C=O) groups is 3. The first-order valence-corrected chi connectivity index (χ1v) is 12.8. The van der Waals surface area contributed by atoms with Crippen LogP contribution in [0, 0.1) is 5.92 Å². The second-order valence-electron chi connectivity index (χ2n) is 10.8. The molecule has 1 aromatic carbocycles. The average molecular weight is 512 g/mol. The number of amides is 2. The van der Waals surface area contributed by atoms with Gasteiger partial charge in [0, 0.05) is 29.7 Å². The lowest BCUT2D eigenvalue weighted by atomic mass is 9.80. The molecule has 9 nitrogen and oxygen atoms in total. The predicted octanol–water partition coefficient (Wildman–Crippen LogP) is 3.38. The van der Waals surface area contributed by atoms with E-state index in [4.69, 9.17) is 13.9 Å². The van der Waals surface area contributed by atoms with Crippen molar-refractivity contribution in [1.29, 1.82) is 0 Å². The zero-order chi connectivity index (χ0) is 26.7. The zero-order valence-electron chi connectivity index (χ0n) is 22.2. The molecule has 4 rings (SSSR count). The van der Waals surface area contributed by atoms with Crippen LogP contribution >= 0.6 is 0 Å². The smallest absolute Gasteiger partial charge is 0.310 e. The van der Waals surface area contributed by atoms with E-state index in [1.165, 1.54) is 7.11 Å². The molecule has 0 unspecified atom stereocenters. The molecule has 37 heavy (non-hydrogen) atoms. The minimum atomic E-state index is -0.665. The summed E-state index contributed by atoms with van der Waals surface area (Å²) in [7, 11) is 2.97. The Balaban J connectivity index is 1.41. The number of nitrogens with one attached hydrogen (secondary N) is 2.